The van der Waals surface area contributed by atoms with Gasteiger partial charge in [0.1, 0.15) is 5.75 Å². The lowest BCUT2D eigenvalue weighted by Gasteiger charge is -2.24. The van der Waals surface area contributed by atoms with Crippen LogP contribution in [0.25, 0.3) is 11.1 Å². The minimum absolute atomic E-state index is 0.0772. The third-order valence-electron chi connectivity index (χ3n) is 6.48. The molecule has 3 aromatic carbocycles. The number of nitro groups is 1. The van der Waals surface area contributed by atoms with Gasteiger partial charge in [-0.15, -0.1) is 0 Å². The SMILES string of the molecule is O=[N+]([O-])c1ccc2c(c1Oc1ccc(-c3ccccc3)cc1)CC[C@H]2OP(=O)(N1CC1)N1CC1. The zero-order valence-electron chi connectivity index (χ0n) is 18.5. The van der Waals surface area contributed by atoms with Gasteiger partial charge in [-0.2, -0.15) is 0 Å². The fraction of sp³-hybridized carbons (Fsp3) is 0.280. The van der Waals surface area contributed by atoms with E-state index in [4.69, 9.17) is 9.26 Å². The van der Waals surface area contributed by atoms with E-state index in [1.54, 1.807) is 6.07 Å². The maximum Gasteiger partial charge on any atom is 0.346 e. The number of nitro benzene ring substituents is 1. The van der Waals surface area contributed by atoms with Crippen LogP contribution in [0.2, 0.25) is 0 Å². The van der Waals surface area contributed by atoms with Gasteiger partial charge in [-0.05, 0) is 47.7 Å². The monoisotopic (exact) mass is 477 g/mol. The summed E-state index contributed by atoms with van der Waals surface area (Å²) >= 11 is 0. The second-order valence-electron chi connectivity index (χ2n) is 8.76. The summed E-state index contributed by atoms with van der Waals surface area (Å²) < 4.78 is 29.6. The Bertz CT molecular complexity index is 1270. The van der Waals surface area contributed by atoms with Crippen LogP contribution in [-0.2, 0) is 15.5 Å². The van der Waals surface area contributed by atoms with Crippen molar-refractivity contribution >= 4 is 13.4 Å². The first-order valence-corrected chi connectivity index (χ1v) is 13.0. The Labute approximate surface area is 197 Å². The first-order valence-electron chi connectivity index (χ1n) is 11.5. The molecule has 0 radical (unpaired) electrons. The van der Waals surface area contributed by atoms with Crippen molar-refractivity contribution in [3.8, 4) is 22.6 Å². The van der Waals surface area contributed by atoms with E-state index in [-0.39, 0.29) is 17.5 Å². The third kappa shape index (κ3) is 3.93. The van der Waals surface area contributed by atoms with Crippen LogP contribution in [0.3, 0.4) is 0 Å². The molecular weight excluding hydrogens is 453 g/mol. The molecule has 9 heteroatoms. The molecule has 2 saturated heterocycles. The van der Waals surface area contributed by atoms with Gasteiger partial charge in [0, 0.05) is 37.8 Å². The van der Waals surface area contributed by atoms with E-state index in [0.717, 1.165) is 48.4 Å². The molecule has 0 aromatic heterocycles. The lowest BCUT2D eigenvalue weighted by atomic mass is 10.1. The average molecular weight is 477 g/mol. The van der Waals surface area contributed by atoms with Crippen molar-refractivity contribution in [2.75, 3.05) is 26.2 Å². The molecule has 8 nitrogen and oxygen atoms in total. The van der Waals surface area contributed by atoms with E-state index >= 15 is 0 Å². The fourth-order valence-corrected chi connectivity index (χ4v) is 6.89. The topological polar surface area (TPSA) is 84.7 Å². The van der Waals surface area contributed by atoms with E-state index < -0.39 is 12.6 Å². The van der Waals surface area contributed by atoms with Gasteiger partial charge in [-0.1, -0.05) is 42.5 Å². The van der Waals surface area contributed by atoms with E-state index in [2.05, 4.69) is 0 Å². The Morgan fingerprint density at radius 1 is 0.882 bits per heavy atom. The Morgan fingerprint density at radius 2 is 1.53 bits per heavy atom. The molecule has 0 bridgehead atoms. The number of benzene rings is 3. The molecule has 34 heavy (non-hydrogen) atoms. The highest BCUT2D eigenvalue weighted by molar-refractivity contribution is 7.54. The van der Waals surface area contributed by atoms with Crippen LogP contribution in [-0.4, -0.2) is 40.4 Å². The molecular formula is C25H24N3O5P. The maximum absolute atomic E-state index is 13.5. The second kappa shape index (κ2) is 8.32. The summed E-state index contributed by atoms with van der Waals surface area (Å²) in [5.74, 6) is 0.772. The smallest absolute Gasteiger partial charge is 0.346 e. The van der Waals surface area contributed by atoms with Crippen LogP contribution in [0.4, 0.5) is 5.69 Å². The molecule has 0 amide bonds. The van der Waals surface area contributed by atoms with Gasteiger partial charge < -0.3 is 4.74 Å². The third-order valence-corrected chi connectivity index (χ3v) is 9.24. The quantitative estimate of drug-likeness (QED) is 0.176. The summed E-state index contributed by atoms with van der Waals surface area (Å²) in [6, 6.07) is 20.7. The molecule has 0 unspecified atom stereocenters. The van der Waals surface area contributed by atoms with Gasteiger partial charge in [-0.3, -0.25) is 19.2 Å². The summed E-state index contributed by atoms with van der Waals surface area (Å²) in [5.41, 5.74) is 3.63. The molecule has 2 aliphatic heterocycles. The molecule has 1 aliphatic carbocycles. The van der Waals surface area contributed by atoms with Crippen LogP contribution in [0, 0.1) is 10.1 Å². The van der Waals surface area contributed by atoms with Crippen LogP contribution in [0.1, 0.15) is 23.7 Å². The second-order valence-corrected chi connectivity index (χ2v) is 11.1. The Morgan fingerprint density at radius 3 is 2.15 bits per heavy atom. The molecule has 0 saturated carbocycles. The predicted molar refractivity (Wildman–Crippen MR) is 128 cm³/mol. The highest BCUT2D eigenvalue weighted by atomic mass is 31.2. The zero-order valence-corrected chi connectivity index (χ0v) is 19.4. The van der Waals surface area contributed by atoms with Crippen molar-refractivity contribution < 1.29 is 18.7 Å². The number of nitrogens with zero attached hydrogens (tertiary/aromatic N) is 3. The van der Waals surface area contributed by atoms with Crippen molar-refractivity contribution in [3.63, 3.8) is 0 Å². The first kappa shape index (κ1) is 21.5. The van der Waals surface area contributed by atoms with Crippen LogP contribution >= 0.6 is 7.67 Å². The van der Waals surface area contributed by atoms with Gasteiger partial charge >= 0.3 is 13.4 Å². The lowest BCUT2D eigenvalue weighted by molar-refractivity contribution is -0.385. The van der Waals surface area contributed by atoms with Crippen molar-refractivity contribution in [1.82, 2.24) is 9.34 Å². The molecule has 174 valence electrons. The van der Waals surface area contributed by atoms with Crippen LogP contribution < -0.4 is 4.74 Å². The Balaban J connectivity index is 1.30. The van der Waals surface area contributed by atoms with Crippen molar-refractivity contribution in [2.45, 2.75) is 18.9 Å². The highest BCUT2D eigenvalue weighted by Crippen LogP contribution is 2.64. The standard InChI is InChI=1S/C25H24N3O5P/c29-28(30)23-12-10-21-22(11-13-24(21)33-34(31,26-14-15-26)27-16-17-27)25(23)32-20-8-6-19(7-9-20)18-4-2-1-3-5-18/h1-10,12,24H,11,13-17H2/t24-/m1/s1. The molecule has 2 heterocycles. The van der Waals surface area contributed by atoms with E-state index in [1.807, 2.05) is 63.9 Å². The summed E-state index contributed by atoms with van der Waals surface area (Å²) in [6.45, 7) is 3.11. The van der Waals surface area contributed by atoms with Gasteiger partial charge in [0.25, 0.3) is 0 Å². The average Bonchev–Trinajstić information content (AvgIpc) is 3.77. The van der Waals surface area contributed by atoms with E-state index in [9.17, 15) is 14.7 Å². The molecule has 6 rings (SSSR count). The first-order chi connectivity index (χ1) is 16.5. The van der Waals surface area contributed by atoms with E-state index in [1.165, 1.54) is 6.07 Å². The van der Waals surface area contributed by atoms with Gasteiger partial charge in [-0.25, -0.2) is 9.34 Å². The lowest BCUT2D eigenvalue weighted by Crippen LogP contribution is -2.11. The van der Waals surface area contributed by atoms with Crippen LogP contribution in [0.5, 0.6) is 11.5 Å². The summed E-state index contributed by atoms with van der Waals surface area (Å²) in [5, 5.41) is 11.8. The number of hydrogen-bond acceptors (Lipinski definition) is 5. The van der Waals surface area contributed by atoms with Crippen molar-refractivity contribution in [1.29, 1.82) is 0 Å². The number of ether oxygens (including phenoxy) is 1. The largest absolute Gasteiger partial charge is 0.450 e. The van der Waals surface area contributed by atoms with Crippen LogP contribution in [0.15, 0.2) is 66.7 Å². The molecule has 0 spiro atoms. The molecule has 3 aromatic rings. The van der Waals surface area contributed by atoms with Gasteiger partial charge in [0.05, 0.1) is 11.0 Å². The highest BCUT2D eigenvalue weighted by Gasteiger charge is 2.51. The molecule has 1 atom stereocenters. The number of fused-ring (bicyclic) bond motifs is 1. The minimum Gasteiger partial charge on any atom is -0.450 e. The van der Waals surface area contributed by atoms with Gasteiger partial charge in [0.15, 0.2) is 0 Å². The van der Waals surface area contributed by atoms with E-state index in [0.29, 0.717) is 18.6 Å². The Hall–Kier alpha value is -3.03. The van der Waals surface area contributed by atoms with Crippen molar-refractivity contribution in [3.05, 3.63) is 88.0 Å². The summed E-state index contributed by atoms with van der Waals surface area (Å²) in [4.78, 5) is 11.4. The zero-order chi connectivity index (χ0) is 23.3. The Kier molecular flexibility index (Phi) is 5.26. The minimum atomic E-state index is -3.00. The maximum atomic E-state index is 13.5. The number of hydrogen-bond donors (Lipinski definition) is 0. The van der Waals surface area contributed by atoms with Crippen molar-refractivity contribution in [2.24, 2.45) is 0 Å². The predicted octanol–water partition coefficient (Wildman–Crippen LogP) is 5.80. The fourth-order valence-electron chi connectivity index (χ4n) is 4.53. The molecule has 0 N–H and O–H groups in total. The molecule has 3 aliphatic rings. The molecule has 2 fully saturated rings. The summed E-state index contributed by atoms with van der Waals surface area (Å²) in [6.07, 6.45) is 0.815. The normalized spacial score (nSPS) is 19.6. The van der Waals surface area contributed by atoms with Gasteiger partial charge in [0.2, 0.25) is 5.75 Å². The summed E-state index contributed by atoms with van der Waals surface area (Å²) in [7, 11) is -3.00. The number of rotatable bonds is 8.